The van der Waals surface area contributed by atoms with Crippen LogP contribution in [0.5, 0.6) is 5.75 Å². The second-order valence-corrected chi connectivity index (χ2v) is 10.1. The maximum atomic E-state index is 12.2. The summed E-state index contributed by atoms with van der Waals surface area (Å²) in [4.78, 5) is 12.5. The minimum absolute atomic E-state index is 0.0591. The Morgan fingerprint density at radius 3 is 2.39 bits per heavy atom. The summed E-state index contributed by atoms with van der Waals surface area (Å²) >= 11 is 0. The van der Waals surface area contributed by atoms with Crippen LogP contribution >= 0.6 is 0 Å². The van der Waals surface area contributed by atoms with E-state index in [2.05, 4.69) is 5.32 Å². The zero-order chi connectivity index (χ0) is 23.7. The Morgan fingerprint density at radius 2 is 1.67 bits per heavy atom. The average Bonchev–Trinajstić information content (AvgIpc) is 2.82. The SMILES string of the molecule is CCCNC(=O)c1cccc(CCCc2cc(S(C)(=O)=O)ccc2OCc2ccccc2)c1. The first kappa shape index (κ1) is 24.5. The van der Waals surface area contributed by atoms with E-state index >= 15 is 0 Å². The molecule has 0 fully saturated rings. The lowest BCUT2D eigenvalue weighted by Crippen LogP contribution is -2.23. The first-order valence-corrected chi connectivity index (χ1v) is 13.1. The van der Waals surface area contributed by atoms with Crippen LogP contribution < -0.4 is 10.1 Å². The van der Waals surface area contributed by atoms with E-state index in [0.29, 0.717) is 35.8 Å². The highest BCUT2D eigenvalue weighted by Gasteiger charge is 2.13. The number of ether oxygens (including phenoxy) is 1. The highest BCUT2D eigenvalue weighted by atomic mass is 32.2. The fourth-order valence-corrected chi connectivity index (χ4v) is 4.22. The van der Waals surface area contributed by atoms with Crippen LogP contribution in [-0.2, 0) is 29.3 Å². The second kappa shape index (κ2) is 11.7. The molecule has 0 saturated heterocycles. The number of nitrogens with one attached hydrogen (secondary N) is 1. The summed E-state index contributed by atoms with van der Waals surface area (Å²) in [5, 5.41) is 2.90. The Bertz CT molecular complexity index is 1170. The lowest BCUT2D eigenvalue weighted by atomic mass is 10.0. The first-order chi connectivity index (χ1) is 15.9. The molecule has 0 bridgehead atoms. The van der Waals surface area contributed by atoms with Crippen molar-refractivity contribution >= 4 is 15.7 Å². The van der Waals surface area contributed by atoms with Crippen LogP contribution in [0.4, 0.5) is 0 Å². The summed E-state index contributed by atoms with van der Waals surface area (Å²) in [6.07, 6.45) is 4.35. The maximum absolute atomic E-state index is 12.2. The fourth-order valence-electron chi connectivity index (χ4n) is 3.55. The number of carbonyl (C=O) groups is 1. The lowest BCUT2D eigenvalue weighted by molar-refractivity contribution is 0.0953. The molecule has 0 aliphatic rings. The van der Waals surface area contributed by atoms with Gasteiger partial charge in [-0.05, 0) is 72.7 Å². The van der Waals surface area contributed by atoms with E-state index < -0.39 is 9.84 Å². The normalized spacial score (nSPS) is 11.2. The van der Waals surface area contributed by atoms with Crippen LogP contribution in [0.1, 0.15) is 46.8 Å². The molecule has 0 aliphatic carbocycles. The van der Waals surface area contributed by atoms with Crippen molar-refractivity contribution in [2.24, 2.45) is 0 Å². The van der Waals surface area contributed by atoms with Gasteiger partial charge in [0.1, 0.15) is 12.4 Å². The van der Waals surface area contributed by atoms with Crippen LogP contribution in [0.2, 0.25) is 0 Å². The minimum atomic E-state index is -3.31. The zero-order valence-electron chi connectivity index (χ0n) is 19.2. The Balaban J connectivity index is 1.70. The first-order valence-electron chi connectivity index (χ1n) is 11.2. The van der Waals surface area contributed by atoms with Gasteiger partial charge in [0.05, 0.1) is 4.90 Å². The number of amides is 1. The molecule has 0 saturated carbocycles. The van der Waals surface area contributed by atoms with Gasteiger partial charge < -0.3 is 10.1 Å². The van der Waals surface area contributed by atoms with E-state index in [1.807, 2.05) is 61.5 Å². The molecule has 1 amide bonds. The van der Waals surface area contributed by atoms with Gasteiger partial charge in [-0.1, -0.05) is 49.4 Å². The molecule has 0 aliphatic heterocycles. The van der Waals surface area contributed by atoms with Crippen molar-refractivity contribution in [3.63, 3.8) is 0 Å². The molecule has 174 valence electrons. The third-order valence-electron chi connectivity index (χ3n) is 5.33. The fraction of sp³-hybridized carbons (Fsp3) is 0.296. The molecule has 3 aromatic rings. The van der Waals surface area contributed by atoms with Gasteiger partial charge in [0, 0.05) is 18.4 Å². The van der Waals surface area contributed by atoms with E-state index in [4.69, 9.17) is 4.74 Å². The number of aryl methyl sites for hydroxylation is 2. The van der Waals surface area contributed by atoms with Crippen molar-refractivity contribution in [1.82, 2.24) is 5.32 Å². The molecule has 3 aromatic carbocycles. The van der Waals surface area contributed by atoms with Gasteiger partial charge in [0.2, 0.25) is 0 Å². The van der Waals surface area contributed by atoms with Crippen molar-refractivity contribution in [3.05, 3.63) is 95.1 Å². The van der Waals surface area contributed by atoms with E-state index in [1.54, 1.807) is 18.2 Å². The summed E-state index contributed by atoms with van der Waals surface area (Å²) in [7, 11) is -3.31. The third kappa shape index (κ3) is 7.46. The smallest absolute Gasteiger partial charge is 0.251 e. The van der Waals surface area contributed by atoms with Gasteiger partial charge in [0.15, 0.2) is 9.84 Å². The predicted octanol–water partition coefficient (Wildman–Crippen LogP) is 4.98. The lowest BCUT2D eigenvalue weighted by Gasteiger charge is -2.13. The Hall–Kier alpha value is -3.12. The van der Waals surface area contributed by atoms with E-state index in [9.17, 15) is 13.2 Å². The Kier molecular flexibility index (Phi) is 8.66. The van der Waals surface area contributed by atoms with Crippen LogP contribution in [0.25, 0.3) is 0 Å². The molecule has 3 rings (SSSR count). The summed E-state index contributed by atoms with van der Waals surface area (Å²) in [6, 6.07) is 22.6. The quantitative estimate of drug-likeness (QED) is 0.433. The minimum Gasteiger partial charge on any atom is -0.489 e. The van der Waals surface area contributed by atoms with Gasteiger partial charge in [-0.15, -0.1) is 0 Å². The van der Waals surface area contributed by atoms with Crippen molar-refractivity contribution in [1.29, 1.82) is 0 Å². The number of benzene rings is 3. The van der Waals surface area contributed by atoms with Gasteiger partial charge in [-0.3, -0.25) is 4.79 Å². The average molecular weight is 466 g/mol. The Labute approximate surface area is 196 Å². The van der Waals surface area contributed by atoms with Gasteiger partial charge in [0.25, 0.3) is 5.91 Å². The Morgan fingerprint density at radius 1 is 0.909 bits per heavy atom. The van der Waals surface area contributed by atoms with Crippen LogP contribution in [0, 0.1) is 0 Å². The highest BCUT2D eigenvalue weighted by molar-refractivity contribution is 7.90. The summed E-state index contributed by atoms with van der Waals surface area (Å²) < 4.78 is 30.2. The number of hydrogen-bond donors (Lipinski definition) is 1. The number of carbonyl (C=O) groups excluding carboxylic acids is 1. The van der Waals surface area contributed by atoms with Crippen LogP contribution in [0.3, 0.4) is 0 Å². The van der Waals surface area contributed by atoms with Gasteiger partial charge in [-0.2, -0.15) is 0 Å². The third-order valence-corrected chi connectivity index (χ3v) is 6.44. The summed E-state index contributed by atoms with van der Waals surface area (Å²) in [6.45, 7) is 3.10. The zero-order valence-corrected chi connectivity index (χ0v) is 20.0. The molecule has 0 atom stereocenters. The summed E-state index contributed by atoms with van der Waals surface area (Å²) in [5.74, 6) is 0.634. The van der Waals surface area contributed by atoms with Gasteiger partial charge >= 0.3 is 0 Å². The number of hydrogen-bond acceptors (Lipinski definition) is 4. The summed E-state index contributed by atoms with van der Waals surface area (Å²) in [5.41, 5.74) is 3.65. The van der Waals surface area contributed by atoms with Crippen molar-refractivity contribution in [2.45, 2.75) is 44.1 Å². The van der Waals surface area contributed by atoms with Crippen molar-refractivity contribution in [2.75, 3.05) is 12.8 Å². The van der Waals surface area contributed by atoms with Crippen molar-refractivity contribution in [3.8, 4) is 5.75 Å². The van der Waals surface area contributed by atoms with E-state index in [-0.39, 0.29) is 5.91 Å². The second-order valence-electron chi connectivity index (χ2n) is 8.13. The molecule has 5 nitrogen and oxygen atoms in total. The molecule has 0 heterocycles. The maximum Gasteiger partial charge on any atom is 0.251 e. The molecule has 6 heteroatoms. The molecular weight excluding hydrogens is 434 g/mol. The predicted molar refractivity (Wildman–Crippen MR) is 131 cm³/mol. The van der Waals surface area contributed by atoms with Gasteiger partial charge in [-0.25, -0.2) is 8.42 Å². The molecule has 0 spiro atoms. The van der Waals surface area contributed by atoms with Crippen LogP contribution in [0.15, 0.2) is 77.7 Å². The monoisotopic (exact) mass is 465 g/mol. The molecule has 0 unspecified atom stereocenters. The number of sulfone groups is 1. The molecule has 0 radical (unpaired) electrons. The van der Waals surface area contributed by atoms with E-state index in [1.165, 1.54) is 6.26 Å². The van der Waals surface area contributed by atoms with Crippen LogP contribution in [-0.4, -0.2) is 27.1 Å². The van der Waals surface area contributed by atoms with Crippen molar-refractivity contribution < 1.29 is 17.9 Å². The molecule has 0 aromatic heterocycles. The standard InChI is InChI=1S/C27H31NO4S/c1-3-17-28-27(29)24-14-8-12-21(18-24)11-7-13-23-19-25(33(2,30)31)15-16-26(23)32-20-22-9-5-4-6-10-22/h4-6,8-10,12,14-16,18-19H,3,7,11,13,17,20H2,1-2H3,(H,28,29). The van der Waals surface area contributed by atoms with E-state index in [0.717, 1.165) is 36.0 Å². The number of rotatable bonds is 11. The topological polar surface area (TPSA) is 72.5 Å². The molecule has 1 N–H and O–H groups in total. The molecule has 33 heavy (non-hydrogen) atoms. The molecular formula is C27H31NO4S. The largest absolute Gasteiger partial charge is 0.489 e. The highest BCUT2D eigenvalue weighted by Crippen LogP contribution is 2.26.